The zero-order chi connectivity index (χ0) is 12.8. The van der Waals surface area contributed by atoms with E-state index in [2.05, 4.69) is 10.1 Å². The Morgan fingerprint density at radius 2 is 2.28 bits per heavy atom. The fourth-order valence-electron chi connectivity index (χ4n) is 1.61. The van der Waals surface area contributed by atoms with Gasteiger partial charge >= 0.3 is 0 Å². The van der Waals surface area contributed by atoms with E-state index in [0.717, 1.165) is 10.6 Å². The third kappa shape index (κ3) is 2.87. The van der Waals surface area contributed by atoms with Crippen LogP contribution < -0.4 is 4.74 Å². The summed E-state index contributed by atoms with van der Waals surface area (Å²) in [4.78, 5) is 4.16. The van der Waals surface area contributed by atoms with Crippen LogP contribution in [0, 0.1) is 0 Å². The lowest BCUT2D eigenvalue weighted by atomic mass is 10.1. The van der Waals surface area contributed by atoms with Crippen molar-refractivity contribution in [2.45, 2.75) is 20.0 Å². The van der Waals surface area contributed by atoms with E-state index in [1.807, 2.05) is 36.6 Å². The van der Waals surface area contributed by atoms with Gasteiger partial charge in [-0.25, -0.2) is 4.98 Å². The number of hydrogen-bond acceptors (Lipinski definition) is 5. The average Bonchev–Trinajstić information content (AvgIpc) is 2.92. The van der Waals surface area contributed by atoms with E-state index >= 15 is 0 Å². The third-order valence-corrected chi connectivity index (χ3v) is 3.24. The maximum atomic E-state index is 8.98. The molecule has 1 aromatic heterocycles. The van der Waals surface area contributed by atoms with E-state index in [-0.39, 0.29) is 0 Å². The maximum Gasteiger partial charge on any atom is 0.140 e. The van der Waals surface area contributed by atoms with Crippen molar-refractivity contribution < 1.29 is 9.94 Å². The predicted molar refractivity (Wildman–Crippen MR) is 71.5 cm³/mol. The predicted octanol–water partition coefficient (Wildman–Crippen LogP) is 3.31. The van der Waals surface area contributed by atoms with Gasteiger partial charge in [0.15, 0.2) is 0 Å². The van der Waals surface area contributed by atoms with Crippen LogP contribution in [0.2, 0.25) is 0 Å². The van der Waals surface area contributed by atoms with Gasteiger partial charge in [-0.15, -0.1) is 11.3 Å². The molecule has 1 N–H and O–H groups in total. The van der Waals surface area contributed by atoms with Gasteiger partial charge in [-0.1, -0.05) is 24.2 Å². The largest absolute Gasteiger partial charge is 0.486 e. The van der Waals surface area contributed by atoms with Crippen LogP contribution in [0.1, 0.15) is 23.9 Å². The second-order valence-electron chi connectivity index (χ2n) is 3.61. The van der Waals surface area contributed by atoms with Crippen LogP contribution in [0.25, 0.3) is 0 Å². The van der Waals surface area contributed by atoms with Gasteiger partial charge in [-0.3, -0.25) is 0 Å². The van der Waals surface area contributed by atoms with Crippen molar-refractivity contribution >= 4 is 17.0 Å². The fourth-order valence-corrected chi connectivity index (χ4v) is 2.14. The van der Waals surface area contributed by atoms with Gasteiger partial charge in [-0.2, -0.15) is 0 Å². The monoisotopic (exact) mass is 262 g/mol. The first-order valence-electron chi connectivity index (χ1n) is 5.66. The molecular formula is C13H14N2O2S. The average molecular weight is 262 g/mol. The number of nitrogens with zero attached hydrogens (tertiary/aromatic N) is 2. The first-order valence-corrected chi connectivity index (χ1v) is 6.54. The van der Waals surface area contributed by atoms with E-state index in [1.165, 1.54) is 0 Å². The lowest BCUT2D eigenvalue weighted by Crippen LogP contribution is -2.04. The highest BCUT2D eigenvalue weighted by Gasteiger charge is 2.09. The first-order chi connectivity index (χ1) is 8.85. The highest BCUT2D eigenvalue weighted by atomic mass is 32.1. The molecule has 0 unspecified atom stereocenters. The van der Waals surface area contributed by atoms with Gasteiger partial charge in [0, 0.05) is 17.1 Å². The summed E-state index contributed by atoms with van der Waals surface area (Å²) in [6.45, 7) is 2.36. The Morgan fingerprint density at radius 1 is 1.44 bits per heavy atom. The summed E-state index contributed by atoms with van der Waals surface area (Å²) in [5.41, 5.74) is 1.43. The molecule has 0 aliphatic heterocycles. The van der Waals surface area contributed by atoms with Gasteiger partial charge in [-0.05, 0) is 18.6 Å². The molecular weight excluding hydrogens is 248 g/mol. The minimum absolute atomic E-state index is 0.428. The molecule has 0 saturated carbocycles. The maximum absolute atomic E-state index is 8.98. The van der Waals surface area contributed by atoms with Crippen LogP contribution in [-0.2, 0) is 6.61 Å². The molecule has 0 spiro atoms. The van der Waals surface area contributed by atoms with Crippen LogP contribution in [0.4, 0.5) is 0 Å². The molecule has 0 bridgehead atoms. The molecule has 18 heavy (non-hydrogen) atoms. The van der Waals surface area contributed by atoms with Crippen LogP contribution >= 0.6 is 11.3 Å². The molecule has 94 valence electrons. The summed E-state index contributed by atoms with van der Waals surface area (Å²) in [6.07, 6.45) is 2.40. The van der Waals surface area contributed by atoms with Crippen molar-refractivity contribution in [3.05, 3.63) is 46.4 Å². The molecule has 0 amide bonds. The summed E-state index contributed by atoms with van der Waals surface area (Å²) in [5.74, 6) is 0.711. The quantitative estimate of drug-likeness (QED) is 0.511. The zero-order valence-electron chi connectivity index (χ0n) is 10.0. The Labute approximate surface area is 110 Å². The molecule has 1 aromatic carbocycles. The van der Waals surface area contributed by atoms with Gasteiger partial charge in [0.2, 0.25) is 0 Å². The summed E-state index contributed by atoms with van der Waals surface area (Å²) in [6, 6.07) is 7.54. The molecule has 0 atom stereocenters. The standard InChI is InChI=1S/C13H14N2O2S/c1-2-11(15-16)10-5-3-4-6-12(10)17-9-13-14-7-8-18-13/h3-8,16H,2,9H2,1H3. The first kappa shape index (κ1) is 12.6. The van der Waals surface area contributed by atoms with Gasteiger partial charge < -0.3 is 9.94 Å². The van der Waals surface area contributed by atoms with Crippen molar-refractivity contribution in [2.24, 2.45) is 5.16 Å². The second kappa shape index (κ2) is 6.16. The molecule has 1 heterocycles. The molecule has 4 nitrogen and oxygen atoms in total. The molecule has 0 fully saturated rings. The Kier molecular flexibility index (Phi) is 4.30. The lowest BCUT2D eigenvalue weighted by Gasteiger charge is -2.10. The second-order valence-corrected chi connectivity index (χ2v) is 4.59. The number of benzene rings is 1. The minimum atomic E-state index is 0.428. The van der Waals surface area contributed by atoms with Crippen molar-refractivity contribution in [1.29, 1.82) is 0 Å². The van der Waals surface area contributed by atoms with Crippen molar-refractivity contribution in [1.82, 2.24) is 4.98 Å². The summed E-state index contributed by atoms with van der Waals surface area (Å²) >= 11 is 1.55. The Balaban J connectivity index is 2.17. The summed E-state index contributed by atoms with van der Waals surface area (Å²) < 4.78 is 5.72. The van der Waals surface area contributed by atoms with E-state index in [4.69, 9.17) is 9.94 Å². The molecule has 0 saturated heterocycles. The number of ether oxygens (including phenoxy) is 1. The SMILES string of the molecule is CCC(=NO)c1ccccc1OCc1nccs1. The number of thiazole rings is 1. The van der Waals surface area contributed by atoms with Crippen LogP contribution in [-0.4, -0.2) is 15.9 Å². The van der Waals surface area contributed by atoms with Crippen LogP contribution in [0.5, 0.6) is 5.75 Å². The van der Waals surface area contributed by atoms with Gasteiger partial charge in [0.05, 0.1) is 5.71 Å². The number of para-hydroxylation sites is 1. The van der Waals surface area contributed by atoms with Gasteiger partial charge in [0.25, 0.3) is 0 Å². The molecule has 5 heteroatoms. The topological polar surface area (TPSA) is 54.7 Å². The van der Waals surface area contributed by atoms with E-state index in [9.17, 15) is 0 Å². The molecule has 2 rings (SSSR count). The fraction of sp³-hybridized carbons (Fsp3) is 0.231. The van der Waals surface area contributed by atoms with Crippen LogP contribution in [0.15, 0.2) is 41.0 Å². The van der Waals surface area contributed by atoms with E-state index in [1.54, 1.807) is 17.5 Å². The Morgan fingerprint density at radius 3 is 2.94 bits per heavy atom. The van der Waals surface area contributed by atoms with E-state index in [0.29, 0.717) is 24.5 Å². The van der Waals surface area contributed by atoms with Crippen molar-refractivity contribution in [3.63, 3.8) is 0 Å². The van der Waals surface area contributed by atoms with Crippen LogP contribution in [0.3, 0.4) is 0 Å². The Bertz CT molecular complexity index is 524. The molecule has 0 aliphatic carbocycles. The third-order valence-electron chi connectivity index (χ3n) is 2.49. The van der Waals surface area contributed by atoms with Crippen molar-refractivity contribution in [3.8, 4) is 5.75 Å². The van der Waals surface area contributed by atoms with E-state index < -0.39 is 0 Å². The number of aromatic nitrogens is 1. The number of oxime groups is 1. The smallest absolute Gasteiger partial charge is 0.140 e. The number of hydrogen-bond donors (Lipinski definition) is 1. The highest BCUT2D eigenvalue weighted by Crippen LogP contribution is 2.21. The number of rotatable bonds is 5. The van der Waals surface area contributed by atoms with Crippen molar-refractivity contribution in [2.75, 3.05) is 0 Å². The minimum Gasteiger partial charge on any atom is -0.486 e. The Hall–Kier alpha value is -1.88. The molecule has 0 radical (unpaired) electrons. The molecule has 0 aliphatic rings. The summed E-state index contributed by atoms with van der Waals surface area (Å²) in [7, 11) is 0. The zero-order valence-corrected chi connectivity index (χ0v) is 10.9. The highest BCUT2D eigenvalue weighted by molar-refractivity contribution is 7.09. The van der Waals surface area contributed by atoms with Gasteiger partial charge in [0.1, 0.15) is 17.4 Å². The normalized spacial score (nSPS) is 11.5. The summed E-state index contributed by atoms with van der Waals surface area (Å²) in [5, 5.41) is 15.1. The molecule has 2 aromatic rings. The lowest BCUT2D eigenvalue weighted by molar-refractivity contribution is 0.302.